The van der Waals surface area contributed by atoms with Gasteiger partial charge in [-0.2, -0.15) is 0 Å². The Bertz CT molecular complexity index is 891. The molecule has 150 valence electrons. The van der Waals surface area contributed by atoms with Crippen LogP contribution in [0.15, 0.2) is 24.3 Å². The average Bonchev–Trinajstić information content (AvgIpc) is 2.94. The molecule has 0 saturated carbocycles. The number of hydrogen-bond acceptors (Lipinski definition) is 5. The maximum atomic E-state index is 12.3. The summed E-state index contributed by atoms with van der Waals surface area (Å²) in [5.41, 5.74) is 2.10. The van der Waals surface area contributed by atoms with Crippen LogP contribution in [0.2, 0.25) is 5.02 Å². The van der Waals surface area contributed by atoms with E-state index in [0.717, 1.165) is 5.56 Å². The molecule has 1 aromatic carbocycles. The van der Waals surface area contributed by atoms with E-state index in [9.17, 15) is 14.4 Å². The number of halogens is 1. The van der Waals surface area contributed by atoms with Gasteiger partial charge in [-0.05, 0) is 44.9 Å². The Labute approximate surface area is 168 Å². The number of rotatable bonds is 7. The van der Waals surface area contributed by atoms with E-state index in [2.05, 4.69) is 10.3 Å². The van der Waals surface area contributed by atoms with Crippen LogP contribution in [-0.2, 0) is 14.3 Å². The SMILES string of the molecule is CCOC(=O)c1c(C)[nH]c(C(=O)OCC(=O)N[C@@H](C)c2ccccc2Cl)c1C. The molecule has 8 heteroatoms. The van der Waals surface area contributed by atoms with Gasteiger partial charge in [-0.25, -0.2) is 9.59 Å². The van der Waals surface area contributed by atoms with Gasteiger partial charge in [0.05, 0.1) is 18.2 Å². The molecule has 1 aromatic heterocycles. The number of aromatic amines is 1. The standard InChI is InChI=1S/C20H23ClN2O5/c1-5-27-19(25)17-11(2)18(23-13(17)4)20(26)28-10-16(24)22-12(3)14-8-6-7-9-15(14)21/h6-9,12,23H,5,10H2,1-4H3,(H,22,24)/t12-/m0/s1. The Morgan fingerprint density at radius 2 is 1.82 bits per heavy atom. The van der Waals surface area contributed by atoms with Crippen LogP contribution in [0.5, 0.6) is 0 Å². The molecule has 0 unspecified atom stereocenters. The lowest BCUT2D eigenvalue weighted by Gasteiger charge is -2.15. The number of amides is 1. The predicted molar refractivity (Wildman–Crippen MR) is 105 cm³/mol. The third kappa shape index (κ3) is 4.92. The van der Waals surface area contributed by atoms with Gasteiger partial charge in [-0.15, -0.1) is 0 Å². The molecule has 28 heavy (non-hydrogen) atoms. The highest BCUT2D eigenvalue weighted by atomic mass is 35.5. The average molecular weight is 407 g/mol. The van der Waals surface area contributed by atoms with E-state index in [0.29, 0.717) is 21.8 Å². The first kappa shape index (κ1) is 21.5. The van der Waals surface area contributed by atoms with Gasteiger partial charge in [-0.1, -0.05) is 29.8 Å². The molecule has 1 amide bonds. The van der Waals surface area contributed by atoms with Crippen LogP contribution in [0.1, 0.15) is 57.6 Å². The second-order valence-corrected chi connectivity index (χ2v) is 6.64. The Balaban J connectivity index is 1.98. The van der Waals surface area contributed by atoms with Crippen LogP contribution in [-0.4, -0.2) is 36.0 Å². The van der Waals surface area contributed by atoms with Gasteiger partial charge in [0.1, 0.15) is 5.69 Å². The minimum absolute atomic E-state index is 0.118. The molecule has 0 radical (unpaired) electrons. The fourth-order valence-electron chi connectivity index (χ4n) is 2.85. The Morgan fingerprint density at radius 1 is 1.14 bits per heavy atom. The number of carbonyl (C=O) groups is 3. The van der Waals surface area contributed by atoms with Crippen molar-refractivity contribution in [1.29, 1.82) is 0 Å². The quantitative estimate of drug-likeness (QED) is 0.686. The molecule has 0 aliphatic carbocycles. The zero-order chi connectivity index (χ0) is 20.8. The largest absolute Gasteiger partial charge is 0.462 e. The van der Waals surface area contributed by atoms with E-state index in [-0.39, 0.29) is 18.3 Å². The lowest BCUT2D eigenvalue weighted by Crippen LogP contribution is -2.31. The van der Waals surface area contributed by atoms with Gasteiger partial charge in [0, 0.05) is 10.7 Å². The Kier molecular flexibility index (Phi) is 7.23. The molecule has 2 aromatic rings. The zero-order valence-corrected chi connectivity index (χ0v) is 17.0. The molecular weight excluding hydrogens is 384 g/mol. The van der Waals surface area contributed by atoms with Crippen molar-refractivity contribution in [3.8, 4) is 0 Å². The summed E-state index contributed by atoms with van der Waals surface area (Å²) in [6, 6.07) is 6.82. The molecular formula is C20H23ClN2O5. The molecule has 0 spiro atoms. The van der Waals surface area contributed by atoms with Crippen LogP contribution in [0.4, 0.5) is 0 Å². The minimum Gasteiger partial charge on any atom is -0.462 e. The van der Waals surface area contributed by atoms with Crippen molar-refractivity contribution in [2.24, 2.45) is 0 Å². The number of ether oxygens (including phenoxy) is 2. The number of nitrogens with one attached hydrogen (secondary N) is 2. The molecule has 1 heterocycles. The number of aryl methyl sites for hydroxylation is 1. The van der Waals surface area contributed by atoms with E-state index in [4.69, 9.17) is 21.1 Å². The molecule has 0 bridgehead atoms. The van der Waals surface area contributed by atoms with Crippen LogP contribution in [0, 0.1) is 13.8 Å². The fourth-order valence-corrected chi connectivity index (χ4v) is 3.15. The molecule has 2 rings (SSSR count). The lowest BCUT2D eigenvalue weighted by atomic mass is 10.1. The first-order chi connectivity index (χ1) is 13.3. The molecule has 2 N–H and O–H groups in total. The first-order valence-corrected chi connectivity index (χ1v) is 9.21. The zero-order valence-electron chi connectivity index (χ0n) is 16.2. The van der Waals surface area contributed by atoms with Crippen molar-refractivity contribution in [2.75, 3.05) is 13.2 Å². The van der Waals surface area contributed by atoms with E-state index < -0.39 is 24.5 Å². The van der Waals surface area contributed by atoms with Crippen molar-refractivity contribution in [2.45, 2.75) is 33.7 Å². The number of carbonyl (C=O) groups excluding carboxylic acids is 3. The molecule has 0 saturated heterocycles. The van der Waals surface area contributed by atoms with Crippen LogP contribution in [0.3, 0.4) is 0 Å². The summed E-state index contributed by atoms with van der Waals surface area (Å²) in [4.78, 5) is 39.3. The molecule has 0 aliphatic heterocycles. The number of benzene rings is 1. The number of hydrogen-bond donors (Lipinski definition) is 2. The lowest BCUT2D eigenvalue weighted by molar-refractivity contribution is -0.124. The normalized spacial score (nSPS) is 11.6. The third-order valence-electron chi connectivity index (χ3n) is 4.20. The van der Waals surface area contributed by atoms with Crippen LogP contribution >= 0.6 is 11.6 Å². The summed E-state index contributed by atoms with van der Waals surface area (Å²) in [6.45, 7) is 6.53. The maximum absolute atomic E-state index is 12.3. The van der Waals surface area contributed by atoms with Crippen molar-refractivity contribution in [3.63, 3.8) is 0 Å². The third-order valence-corrected chi connectivity index (χ3v) is 4.55. The Morgan fingerprint density at radius 3 is 2.46 bits per heavy atom. The smallest absolute Gasteiger partial charge is 0.355 e. The molecule has 7 nitrogen and oxygen atoms in total. The highest BCUT2D eigenvalue weighted by Crippen LogP contribution is 2.22. The Hall–Kier alpha value is -2.80. The van der Waals surface area contributed by atoms with Crippen molar-refractivity contribution >= 4 is 29.4 Å². The highest BCUT2D eigenvalue weighted by Gasteiger charge is 2.24. The van der Waals surface area contributed by atoms with E-state index >= 15 is 0 Å². The second-order valence-electron chi connectivity index (χ2n) is 6.23. The topological polar surface area (TPSA) is 97.5 Å². The first-order valence-electron chi connectivity index (χ1n) is 8.83. The molecule has 1 atom stereocenters. The van der Waals surface area contributed by atoms with Crippen LogP contribution < -0.4 is 5.32 Å². The summed E-state index contributed by atoms with van der Waals surface area (Å²) in [5, 5.41) is 3.26. The van der Waals surface area contributed by atoms with E-state index in [1.165, 1.54) is 0 Å². The summed E-state index contributed by atoms with van der Waals surface area (Å²) >= 11 is 6.11. The second kappa shape index (κ2) is 9.41. The maximum Gasteiger partial charge on any atom is 0.355 e. The molecule has 0 fully saturated rings. The number of H-pyrrole nitrogens is 1. The highest BCUT2D eigenvalue weighted by molar-refractivity contribution is 6.31. The van der Waals surface area contributed by atoms with Crippen molar-refractivity contribution < 1.29 is 23.9 Å². The van der Waals surface area contributed by atoms with Crippen molar-refractivity contribution in [1.82, 2.24) is 10.3 Å². The number of aromatic nitrogens is 1. The monoisotopic (exact) mass is 406 g/mol. The van der Waals surface area contributed by atoms with E-state index in [1.807, 2.05) is 6.07 Å². The van der Waals surface area contributed by atoms with Gasteiger partial charge < -0.3 is 19.8 Å². The summed E-state index contributed by atoms with van der Waals surface area (Å²) in [6.07, 6.45) is 0. The minimum atomic E-state index is -0.725. The van der Waals surface area contributed by atoms with Crippen molar-refractivity contribution in [3.05, 3.63) is 57.4 Å². The van der Waals surface area contributed by atoms with Gasteiger partial charge in [0.2, 0.25) is 0 Å². The van der Waals surface area contributed by atoms with Gasteiger partial charge in [-0.3, -0.25) is 4.79 Å². The van der Waals surface area contributed by atoms with Gasteiger partial charge in [0.25, 0.3) is 5.91 Å². The summed E-state index contributed by atoms with van der Waals surface area (Å²) in [7, 11) is 0. The predicted octanol–water partition coefficient (Wildman–Crippen LogP) is 3.50. The number of esters is 2. The van der Waals surface area contributed by atoms with Gasteiger partial charge in [0.15, 0.2) is 6.61 Å². The van der Waals surface area contributed by atoms with Gasteiger partial charge >= 0.3 is 11.9 Å². The van der Waals surface area contributed by atoms with Crippen LogP contribution in [0.25, 0.3) is 0 Å². The molecule has 0 aliphatic rings. The summed E-state index contributed by atoms with van der Waals surface area (Å²) < 4.78 is 10.1. The van der Waals surface area contributed by atoms with E-state index in [1.54, 1.807) is 45.9 Å². The fraction of sp³-hybridized carbons (Fsp3) is 0.350. The summed E-state index contributed by atoms with van der Waals surface area (Å²) in [5.74, 6) is -1.71.